The second-order valence-electron chi connectivity index (χ2n) is 4.99. The molecule has 1 aromatic rings. The van der Waals surface area contributed by atoms with Gasteiger partial charge in [0.2, 0.25) is 0 Å². The Hall–Kier alpha value is -0.870. The number of hydrogen-bond acceptors (Lipinski definition) is 3. The first-order chi connectivity index (χ1) is 8.93. The third-order valence-electron chi connectivity index (χ3n) is 3.46. The average Bonchev–Trinajstić information content (AvgIpc) is 2.40. The molecule has 0 aliphatic carbocycles. The fourth-order valence-electron chi connectivity index (χ4n) is 2.30. The van der Waals surface area contributed by atoms with Crippen molar-refractivity contribution in [1.29, 1.82) is 0 Å². The van der Waals surface area contributed by atoms with Crippen LogP contribution in [0.2, 0.25) is 0 Å². The van der Waals surface area contributed by atoms with Crippen LogP contribution in [0.3, 0.4) is 0 Å². The monoisotopic (exact) mass is 284 g/mol. The van der Waals surface area contributed by atoms with Crippen molar-refractivity contribution < 1.29 is 13.5 Å². The van der Waals surface area contributed by atoms with Crippen LogP contribution in [-0.2, 0) is 15.4 Å². The number of benzene rings is 1. The van der Waals surface area contributed by atoms with Crippen LogP contribution < -0.4 is 0 Å². The van der Waals surface area contributed by atoms with Crippen LogP contribution >= 0.6 is 0 Å². The second kappa shape index (κ2) is 7.06. The fourth-order valence-corrected chi connectivity index (χ4v) is 3.18. The van der Waals surface area contributed by atoms with Crippen LogP contribution in [0.15, 0.2) is 30.3 Å². The molecule has 1 unspecified atom stereocenters. The minimum atomic E-state index is -2.95. The SMILES string of the molecule is CCCC(O)(CCCS(=O)(=O)CC)c1ccccc1. The molecule has 4 heteroatoms. The maximum atomic E-state index is 11.5. The third kappa shape index (κ3) is 4.96. The first kappa shape index (κ1) is 16.2. The molecule has 0 saturated carbocycles. The summed E-state index contributed by atoms with van der Waals surface area (Å²) in [5, 5.41) is 10.8. The summed E-state index contributed by atoms with van der Waals surface area (Å²) in [6.45, 7) is 3.68. The Morgan fingerprint density at radius 1 is 1.11 bits per heavy atom. The summed E-state index contributed by atoms with van der Waals surface area (Å²) in [5.74, 6) is 0.326. The van der Waals surface area contributed by atoms with Crippen LogP contribution in [0.4, 0.5) is 0 Å². The summed E-state index contributed by atoms with van der Waals surface area (Å²) >= 11 is 0. The van der Waals surface area contributed by atoms with E-state index >= 15 is 0 Å². The predicted molar refractivity (Wildman–Crippen MR) is 78.8 cm³/mol. The topological polar surface area (TPSA) is 54.4 Å². The first-order valence-corrected chi connectivity index (χ1v) is 8.74. The molecule has 0 heterocycles. The number of sulfone groups is 1. The molecule has 19 heavy (non-hydrogen) atoms. The Morgan fingerprint density at radius 3 is 2.26 bits per heavy atom. The van der Waals surface area contributed by atoms with Gasteiger partial charge >= 0.3 is 0 Å². The second-order valence-corrected chi connectivity index (χ2v) is 7.46. The van der Waals surface area contributed by atoms with Gasteiger partial charge in [0.15, 0.2) is 0 Å². The molecule has 3 nitrogen and oxygen atoms in total. The Morgan fingerprint density at radius 2 is 1.74 bits per heavy atom. The van der Waals surface area contributed by atoms with E-state index in [1.54, 1.807) is 6.92 Å². The van der Waals surface area contributed by atoms with Gasteiger partial charge in [0.1, 0.15) is 9.84 Å². The van der Waals surface area contributed by atoms with Crippen LogP contribution in [0.5, 0.6) is 0 Å². The molecule has 1 aromatic carbocycles. The maximum Gasteiger partial charge on any atom is 0.150 e. The Bertz CT molecular complexity index is 467. The van der Waals surface area contributed by atoms with Crippen LogP contribution in [0, 0.1) is 0 Å². The highest BCUT2D eigenvalue weighted by atomic mass is 32.2. The van der Waals surface area contributed by atoms with Crippen LogP contribution in [0.25, 0.3) is 0 Å². The lowest BCUT2D eigenvalue weighted by Crippen LogP contribution is -2.26. The van der Waals surface area contributed by atoms with E-state index in [4.69, 9.17) is 0 Å². The number of rotatable bonds is 8. The van der Waals surface area contributed by atoms with E-state index in [0.717, 1.165) is 12.0 Å². The van der Waals surface area contributed by atoms with E-state index in [0.29, 0.717) is 19.3 Å². The van der Waals surface area contributed by atoms with Gasteiger partial charge in [-0.25, -0.2) is 8.42 Å². The normalized spacial score (nSPS) is 15.1. The van der Waals surface area contributed by atoms with Crippen molar-refractivity contribution in [3.8, 4) is 0 Å². The summed E-state index contributed by atoms with van der Waals surface area (Å²) in [5.41, 5.74) is -0.0232. The van der Waals surface area contributed by atoms with Gasteiger partial charge in [-0.15, -0.1) is 0 Å². The smallest absolute Gasteiger partial charge is 0.150 e. The lowest BCUT2D eigenvalue weighted by molar-refractivity contribution is 0.0172. The molecular weight excluding hydrogens is 260 g/mol. The molecular formula is C15H24O3S. The Balaban J connectivity index is 2.73. The summed E-state index contributed by atoms with van der Waals surface area (Å²) in [6.07, 6.45) is 2.51. The Labute approximate surface area is 116 Å². The molecule has 1 rings (SSSR count). The molecule has 0 saturated heterocycles. The Kier molecular flexibility index (Phi) is 6.01. The summed E-state index contributed by atoms with van der Waals surface area (Å²) in [7, 11) is -2.95. The van der Waals surface area contributed by atoms with Crippen LogP contribution in [0.1, 0.15) is 45.1 Å². The highest BCUT2D eigenvalue weighted by molar-refractivity contribution is 7.91. The lowest BCUT2D eigenvalue weighted by Gasteiger charge is -2.28. The minimum Gasteiger partial charge on any atom is -0.385 e. The van der Waals surface area contributed by atoms with Gasteiger partial charge in [-0.1, -0.05) is 50.6 Å². The van der Waals surface area contributed by atoms with E-state index in [1.807, 2.05) is 37.3 Å². The molecule has 108 valence electrons. The molecule has 0 aliphatic rings. The minimum absolute atomic E-state index is 0.155. The summed E-state index contributed by atoms with van der Waals surface area (Å²) < 4.78 is 23.0. The summed E-state index contributed by atoms with van der Waals surface area (Å²) in [6, 6.07) is 9.53. The van der Waals surface area contributed by atoms with Crippen molar-refractivity contribution in [3.05, 3.63) is 35.9 Å². The van der Waals surface area contributed by atoms with Gasteiger partial charge in [0, 0.05) is 5.75 Å². The van der Waals surface area contributed by atoms with Crippen LogP contribution in [-0.4, -0.2) is 25.0 Å². The van der Waals surface area contributed by atoms with E-state index < -0.39 is 15.4 Å². The quantitative estimate of drug-likeness (QED) is 0.798. The maximum absolute atomic E-state index is 11.5. The average molecular weight is 284 g/mol. The molecule has 1 N–H and O–H groups in total. The van der Waals surface area contributed by atoms with Gasteiger partial charge in [0.25, 0.3) is 0 Å². The number of aliphatic hydroxyl groups is 1. The van der Waals surface area contributed by atoms with Crippen molar-refractivity contribution in [3.63, 3.8) is 0 Å². The summed E-state index contributed by atoms with van der Waals surface area (Å²) in [4.78, 5) is 0. The molecule has 0 fully saturated rings. The highest BCUT2D eigenvalue weighted by Crippen LogP contribution is 2.31. The third-order valence-corrected chi connectivity index (χ3v) is 5.25. The standard InChI is InChI=1S/C15H24O3S/c1-3-11-15(16,14-9-6-5-7-10-14)12-8-13-19(17,18)4-2/h5-7,9-10,16H,3-4,8,11-13H2,1-2H3. The highest BCUT2D eigenvalue weighted by Gasteiger charge is 2.28. The van der Waals surface area contributed by atoms with Crippen molar-refractivity contribution in [2.24, 2.45) is 0 Å². The first-order valence-electron chi connectivity index (χ1n) is 6.92. The van der Waals surface area contributed by atoms with E-state index in [9.17, 15) is 13.5 Å². The van der Waals surface area contributed by atoms with E-state index in [2.05, 4.69) is 0 Å². The lowest BCUT2D eigenvalue weighted by atomic mass is 9.85. The van der Waals surface area contributed by atoms with Crippen molar-refractivity contribution in [1.82, 2.24) is 0 Å². The molecule has 0 radical (unpaired) electrons. The zero-order chi connectivity index (χ0) is 14.4. The molecule has 1 atom stereocenters. The zero-order valence-electron chi connectivity index (χ0n) is 11.8. The van der Waals surface area contributed by atoms with Gasteiger partial charge < -0.3 is 5.11 Å². The largest absolute Gasteiger partial charge is 0.385 e. The molecule has 0 spiro atoms. The van der Waals surface area contributed by atoms with Gasteiger partial charge in [0.05, 0.1) is 11.4 Å². The van der Waals surface area contributed by atoms with Crippen molar-refractivity contribution in [2.45, 2.75) is 45.1 Å². The van der Waals surface area contributed by atoms with Gasteiger partial charge in [-0.2, -0.15) is 0 Å². The van der Waals surface area contributed by atoms with Gasteiger partial charge in [-0.3, -0.25) is 0 Å². The zero-order valence-corrected chi connectivity index (χ0v) is 12.6. The van der Waals surface area contributed by atoms with Crippen molar-refractivity contribution >= 4 is 9.84 Å². The van der Waals surface area contributed by atoms with E-state index in [-0.39, 0.29) is 11.5 Å². The van der Waals surface area contributed by atoms with E-state index in [1.165, 1.54) is 0 Å². The molecule has 0 aromatic heterocycles. The number of hydrogen-bond donors (Lipinski definition) is 1. The molecule has 0 aliphatic heterocycles. The van der Waals surface area contributed by atoms with Gasteiger partial charge in [-0.05, 0) is 24.8 Å². The predicted octanol–water partition coefficient (Wildman–Crippen LogP) is 2.89. The fraction of sp³-hybridized carbons (Fsp3) is 0.600. The molecule has 0 amide bonds. The molecule has 0 bridgehead atoms. The van der Waals surface area contributed by atoms with Crippen molar-refractivity contribution in [2.75, 3.05) is 11.5 Å².